The molecule has 0 radical (unpaired) electrons. The Hall–Kier alpha value is -2.94. The zero-order chi connectivity index (χ0) is 18.7. The summed E-state index contributed by atoms with van der Waals surface area (Å²) in [7, 11) is 0. The topological polar surface area (TPSA) is 102 Å². The largest absolute Gasteiger partial charge is 0.478 e. The first-order chi connectivity index (χ1) is 12.4. The summed E-state index contributed by atoms with van der Waals surface area (Å²) in [5, 5.41) is 19.9. The molecule has 2 heterocycles. The van der Waals surface area contributed by atoms with Gasteiger partial charge in [-0.15, -0.1) is 0 Å². The third-order valence-electron chi connectivity index (χ3n) is 3.77. The highest BCUT2D eigenvalue weighted by atomic mass is 79.9. The average Bonchev–Trinajstić information content (AvgIpc) is 3.24. The number of hydrogen-bond acceptors (Lipinski definition) is 4. The Morgan fingerprint density at radius 3 is 2.73 bits per heavy atom. The first-order valence-electron chi connectivity index (χ1n) is 7.77. The van der Waals surface area contributed by atoms with Crippen molar-refractivity contribution in [2.45, 2.75) is 19.5 Å². The molecule has 2 aromatic heterocycles. The lowest BCUT2D eigenvalue weighted by atomic mass is 10.2. The zero-order valence-corrected chi connectivity index (χ0v) is 15.4. The maximum absolute atomic E-state index is 12.4. The van der Waals surface area contributed by atoms with Crippen LogP contribution in [-0.2, 0) is 11.3 Å². The summed E-state index contributed by atoms with van der Waals surface area (Å²) in [6.07, 6.45) is 6.13. The lowest BCUT2D eigenvalue weighted by Crippen LogP contribution is -2.24. The predicted molar refractivity (Wildman–Crippen MR) is 98.0 cm³/mol. The number of nitrogens with one attached hydrogen (secondary N) is 1. The SMILES string of the molecule is CC(C(=O)Nc1cccc(Cn2cc(Br)cn2)c1)n1cc(C(=O)O)cn1. The molecule has 0 fully saturated rings. The van der Waals surface area contributed by atoms with E-state index in [0.29, 0.717) is 12.2 Å². The van der Waals surface area contributed by atoms with Gasteiger partial charge in [0.2, 0.25) is 5.91 Å². The van der Waals surface area contributed by atoms with E-state index in [-0.39, 0.29) is 11.5 Å². The molecular formula is C17H16BrN5O3. The van der Waals surface area contributed by atoms with Crippen molar-refractivity contribution < 1.29 is 14.7 Å². The van der Waals surface area contributed by atoms with Gasteiger partial charge in [-0.25, -0.2) is 4.79 Å². The molecule has 0 bridgehead atoms. The van der Waals surface area contributed by atoms with Gasteiger partial charge in [0.25, 0.3) is 0 Å². The summed E-state index contributed by atoms with van der Waals surface area (Å²) in [6.45, 7) is 2.23. The summed E-state index contributed by atoms with van der Waals surface area (Å²) >= 11 is 3.36. The van der Waals surface area contributed by atoms with Crippen LogP contribution in [0.1, 0.15) is 28.9 Å². The number of benzene rings is 1. The van der Waals surface area contributed by atoms with E-state index >= 15 is 0 Å². The fourth-order valence-corrected chi connectivity index (χ4v) is 2.71. The van der Waals surface area contributed by atoms with Crippen LogP contribution in [0.25, 0.3) is 0 Å². The Balaban J connectivity index is 1.68. The molecule has 1 aromatic carbocycles. The highest BCUT2D eigenvalue weighted by Gasteiger charge is 2.18. The van der Waals surface area contributed by atoms with Crippen LogP contribution in [0.4, 0.5) is 5.69 Å². The van der Waals surface area contributed by atoms with Crippen LogP contribution >= 0.6 is 15.9 Å². The van der Waals surface area contributed by atoms with Gasteiger partial charge in [0.1, 0.15) is 6.04 Å². The van der Waals surface area contributed by atoms with Crippen LogP contribution < -0.4 is 5.32 Å². The van der Waals surface area contributed by atoms with E-state index in [1.54, 1.807) is 23.9 Å². The van der Waals surface area contributed by atoms with E-state index in [1.807, 2.05) is 24.4 Å². The smallest absolute Gasteiger partial charge is 0.338 e. The number of carbonyl (C=O) groups excluding carboxylic acids is 1. The molecule has 134 valence electrons. The van der Waals surface area contributed by atoms with E-state index < -0.39 is 12.0 Å². The fourth-order valence-electron chi connectivity index (χ4n) is 2.39. The number of aromatic carboxylic acids is 1. The van der Waals surface area contributed by atoms with Crippen LogP contribution in [0.2, 0.25) is 0 Å². The van der Waals surface area contributed by atoms with Crippen molar-refractivity contribution in [1.29, 1.82) is 0 Å². The minimum Gasteiger partial charge on any atom is -0.478 e. The number of anilines is 1. The van der Waals surface area contributed by atoms with Crippen molar-refractivity contribution in [2.75, 3.05) is 5.32 Å². The van der Waals surface area contributed by atoms with Gasteiger partial charge in [0, 0.05) is 18.1 Å². The molecule has 0 spiro atoms. The van der Waals surface area contributed by atoms with E-state index in [9.17, 15) is 9.59 Å². The molecular weight excluding hydrogens is 402 g/mol. The van der Waals surface area contributed by atoms with Crippen molar-refractivity contribution in [3.63, 3.8) is 0 Å². The summed E-state index contributed by atoms with van der Waals surface area (Å²) in [6, 6.07) is 6.81. The number of carboxylic acids is 1. The Morgan fingerprint density at radius 2 is 2.08 bits per heavy atom. The maximum atomic E-state index is 12.4. The second-order valence-electron chi connectivity index (χ2n) is 5.74. The summed E-state index contributed by atoms with van der Waals surface area (Å²) in [5.74, 6) is -1.37. The van der Waals surface area contributed by atoms with Gasteiger partial charge in [-0.2, -0.15) is 10.2 Å². The first kappa shape index (κ1) is 17.9. The van der Waals surface area contributed by atoms with Crippen LogP contribution in [0.15, 0.2) is 53.5 Å². The van der Waals surface area contributed by atoms with Gasteiger partial charge < -0.3 is 10.4 Å². The van der Waals surface area contributed by atoms with Crippen molar-refractivity contribution in [3.05, 3.63) is 64.7 Å². The Kier molecular flexibility index (Phi) is 5.17. The normalized spacial score (nSPS) is 11.9. The highest BCUT2D eigenvalue weighted by molar-refractivity contribution is 9.10. The van der Waals surface area contributed by atoms with Crippen LogP contribution in [-0.4, -0.2) is 36.5 Å². The van der Waals surface area contributed by atoms with E-state index in [2.05, 4.69) is 31.4 Å². The number of carboxylic acid groups (broad SMARTS) is 1. The number of nitrogens with zero attached hydrogens (tertiary/aromatic N) is 4. The molecule has 26 heavy (non-hydrogen) atoms. The predicted octanol–water partition coefficient (Wildman–Crippen LogP) is 2.79. The van der Waals surface area contributed by atoms with Gasteiger partial charge in [-0.1, -0.05) is 12.1 Å². The second kappa shape index (κ2) is 7.52. The van der Waals surface area contributed by atoms with Crippen LogP contribution in [0.3, 0.4) is 0 Å². The average molecular weight is 418 g/mol. The molecule has 9 heteroatoms. The summed E-state index contributed by atoms with van der Waals surface area (Å²) < 4.78 is 4.00. The number of aromatic nitrogens is 4. The van der Waals surface area contributed by atoms with Gasteiger partial charge >= 0.3 is 5.97 Å². The van der Waals surface area contributed by atoms with Crippen LogP contribution in [0, 0.1) is 0 Å². The molecule has 8 nitrogen and oxygen atoms in total. The van der Waals surface area contributed by atoms with Gasteiger partial charge in [-0.3, -0.25) is 14.2 Å². The van der Waals surface area contributed by atoms with Gasteiger partial charge in [-0.05, 0) is 40.5 Å². The molecule has 3 aromatic rings. The van der Waals surface area contributed by atoms with E-state index in [0.717, 1.165) is 10.0 Å². The van der Waals surface area contributed by atoms with Gasteiger partial charge in [0.15, 0.2) is 0 Å². The van der Waals surface area contributed by atoms with E-state index in [4.69, 9.17) is 5.11 Å². The monoisotopic (exact) mass is 417 g/mol. The lowest BCUT2D eigenvalue weighted by molar-refractivity contribution is -0.119. The molecule has 2 N–H and O–H groups in total. The third-order valence-corrected chi connectivity index (χ3v) is 4.18. The molecule has 1 unspecified atom stereocenters. The number of amides is 1. The van der Waals surface area contributed by atoms with Crippen molar-refractivity contribution >= 4 is 33.5 Å². The maximum Gasteiger partial charge on any atom is 0.338 e. The molecule has 1 atom stereocenters. The zero-order valence-electron chi connectivity index (χ0n) is 13.8. The Labute approximate surface area is 157 Å². The quantitative estimate of drug-likeness (QED) is 0.641. The van der Waals surface area contributed by atoms with Crippen molar-refractivity contribution in [3.8, 4) is 0 Å². The first-order valence-corrected chi connectivity index (χ1v) is 8.57. The lowest BCUT2D eigenvalue weighted by Gasteiger charge is -2.13. The molecule has 0 aliphatic rings. The van der Waals surface area contributed by atoms with Gasteiger partial charge in [0.05, 0.1) is 29.0 Å². The number of halogens is 1. The minimum atomic E-state index is -1.08. The molecule has 0 aliphatic heterocycles. The number of rotatable bonds is 6. The van der Waals surface area contributed by atoms with Crippen LogP contribution in [0.5, 0.6) is 0 Å². The Bertz CT molecular complexity index is 949. The summed E-state index contributed by atoms with van der Waals surface area (Å²) in [5.41, 5.74) is 1.67. The number of carbonyl (C=O) groups is 2. The Morgan fingerprint density at radius 1 is 1.27 bits per heavy atom. The third kappa shape index (κ3) is 4.17. The molecule has 0 saturated heterocycles. The standard InChI is InChI=1S/C17H16BrN5O3/c1-11(23-9-13(6-20-23)17(25)26)16(24)21-15-4-2-3-12(5-15)8-22-10-14(18)7-19-22/h2-7,9-11H,8H2,1H3,(H,21,24)(H,25,26). The summed E-state index contributed by atoms with van der Waals surface area (Å²) in [4.78, 5) is 23.3. The fraction of sp³-hybridized carbons (Fsp3) is 0.176. The van der Waals surface area contributed by atoms with Crippen molar-refractivity contribution in [1.82, 2.24) is 19.6 Å². The minimum absolute atomic E-state index is 0.0389. The van der Waals surface area contributed by atoms with Crippen molar-refractivity contribution in [2.24, 2.45) is 0 Å². The molecule has 0 saturated carbocycles. The molecule has 1 amide bonds. The molecule has 0 aliphatic carbocycles. The van der Waals surface area contributed by atoms with E-state index in [1.165, 1.54) is 17.1 Å². The molecule has 3 rings (SSSR count). The second-order valence-corrected chi connectivity index (χ2v) is 6.65. The highest BCUT2D eigenvalue weighted by Crippen LogP contribution is 2.16. The number of hydrogen-bond donors (Lipinski definition) is 2.